The molecule has 4 nitrogen and oxygen atoms in total. The number of carboxylic acids is 1. The van der Waals surface area contributed by atoms with Crippen molar-refractivity contribution in [3.63, 3.8) is 0 Å². The van der Waals surface area contributed by atoms with Gasteiger partial charge in [0.1, 0.15) is 0 Å². The first kappa shape index (κ1) is 16.0. The third kappa shape index (κ3) is 3.44. The van der Waals surface area contributed by atoms with Crippen LogP contribution < -0.4 is 0 Å². The van der Waals surface area contributed by atoms with Crippen molar-refractivity contribution in [1.29, 1.82) is 0 Å². The predicted molar refractivity (Wildman–Crippen MR) is 84.7 cm³/mol. The molecular weight excluding hydrogens is 264 g/mol. The monoisotopic (exact) mass is 290 g/mol. The van der Waals surface area contributed by atoms with Crippen LogP contribution in [-0.2, 0) is 6.54 Å². The van der Waals surface area contributed by atoms with Gasteiger partial charge < -0.3 is 14.9 Å². The topological polar surface area (TPSA) is 43.8 Å². The zero-order valence-corrected chi connectivity index (χ0v) is 13.5. The summed E-state index contributed by atoms with van der Waals surface area (Å²) in [4.78, 5) is 15.7. The van der Waals surface area contributed by atoms with E-state index in [1.165, 1.54) is 24.8 Å². The van der Waals surface area contributed by atoms with E-state index in [1.807, 2.05) is 13.0 Å². The quantitative estimate of drug-likeness (QED) is 0.874. The van der Waals surface area contributed by atoms with Crippen molar-refractivity contribution in [2.24, 2.45) is 0 Å². The first-order valence-corrected chi connectivity index (χ1v) is 7.53. The smallest absolute Gasteiger partial charge is 0.335 e. The molecular formula is C17H26N2O2. The molecule has 1 aromatic rings. The Kier molecular flexibility index (Phi) is 4.69. The lowest BCUT2D eigenvalue weighted by Crippen LogP contribution is -2.56. The summed E-state index contributed by atoms with van der Waals surface area (Å²) in [5, 5.41) is 9.02. The molecule has 1 saturated carbocycles. The summed E-state index contributed by atoms with van der Waals surface area (Å²) in [6.45, 7) is 3.90. The van der Waals surface area contributed by atoms with Gasteiger partial charge in [0, 0.05) is 18.6 Å². The van der Waals surface area contributed by atoms with E-state index in [0.29, 0.717) is 11.1 Å². The van der Waals surface area contributed by atoms with Gasteiger partial charge in [-0.05, 0) is 70.6 Å². The van der Waals surface area contributed by atoms with Crippen molar-refractivity contribution in [2.45, 2.75) is 38.3 Å². The van der Waals surface area contributed by atoms with Gasteiger partial charge in [0.2, 0.25) is 0 Å². The van der Waals surface area contributed by atoms with Crippen LogP contribution in [0.15, 0.2) is 18.2 Å². The largest absolute Gasteiger partial charge is 0.478 e. The van der Waals surface area contributed by atoms with E-state index in [1.54, 1.807) is 12.1 Å². The highest BCUT2D eigenvalue weighted by Gasteiger charge is 2.39. The minimum atomic E-state index is -0.862. The fourth-order valence-electron chi connectivity index (χ4n) is 3.19. The summed E-state index contributed by atoms with van der Waals surface area (Å²) in [7, 11) is 6.48. The molecule has 1 N–H and O–H groups in total. The Morgan fingerprint density at radius 3 is 2.38 bits per heavy atom. The van der Waals surface area contributed by atoms with Crippen molar-refractivity contribution >= 4 is 5.97 Å². The molecule has 0 radical (unpaired) electrons. The van der Waals surface area contributed by atoms with Crippen LogP contribution in [0.2, 0.25) is 0 Å². The van der Waals surface area contributed by atoms with Gasteiger partial charge in [-0.2, -0.15) is 0 Å². The van der Waals surface area contributed by atoms with Gasteiger partial charge in [-0.15, -0.1) is 0 Å². The molecule has 1 aliphatic carbocycles. The Bertz CT molecular complexity index is 522. The van der Waals surface area contributed by atoms with Gasteiger partial charge >= 0.3 is 5.97 Å². The van der Waals surface area contributed by atoms with Crippen molar-refractivity contribution in [3.05, 3.63) is 34.9 Å². The van der Waals surface area contributed by atoms with Gasteiger partial charge in [0.05, 0.1) is 5.56 Å². The number of nitrogens with zero attached hydrogens (tertiary/aromatic N) is 2. The summed E-state index contributed by atoms with van der Waals surface area (Å²) >= 11 is 0. The van der Waals surface area contributed by atoms with Gasteiger partial charge in [-0.3, -0.25) is 0 Å². The molecule has 21 heavy (non-hydrogen) atoms. The van der Waals surface area contributed by atoms with Gasteiger partial charge in [0.15, 0.2) is 0 Å². The lowest BCUT2D eigenvalue weighted by molar-refractivity contribution is 0.0258. The molecule has 1 aliphatic rings. The average Bonchev–Trinajstić information content (AvgIpc) is 2.35. The second kappa shape index (κ2) is 6.16. The summed E-state index contributed by atoms with van der Waals surface area (Å²) in [6, 6.07) is 5.40. The fraction of sp³-hybridized carbons (Fsp3) is 0.588. The van der Waals surface area contributed by atoms with Crippen LogP contribution in [0.3, 0.4) is 0 Å². The van der Waals surface area contributed by atoms with Crippen molar-refractivity contribution in [2.75, 3.05) is 27.7 Å². The Balaban J connectivity index is 2.03. The minimum Gasteiger partial charge on any atom is -0.478 e. The Labute approximate surface area is 127 Å². The SMILES string of the molecule is Cc1cc(C(=O)O)ccc1CN(C)CC1(N(C)C)CCC1. The number of likely N-dealkylation sites (N-methyl/N-ethyl adjacent to an activating group) is 2. The second-order valence-electron chi connectivity index (χ2n) is 6.59. The molecule has 0 atom stereocenters. The van der Waals surface area contributed by atoms with Gasteiger partial charge in [0.25, 0.3) is 0 Å². The number of benzene rings is 1. The van der Waals surface area contributed by atoms with Crippen LogP contribution in [0.25, 0.3) is 0 Å². The van der Waals surface area contributed by atoms with Crippen molar-refractivity contribution in [1.82, 2.24) is 9.80 Å². The molecule has 1 fully saturated rings. The minimum absolute atomic E-state index is 0.323. The number of hydrogen-bond donors (Lipinski definition) is 1. The number of aryl methyl sites for hydroxylation is 1. The molecule has 0 amide bonds. The van der Waals surface area contributed by atoms with E-state index in [0.717, 1.165) is 18.7 Å². The third-order valence-corrected chi connectivity index (χ3v) is 4.83. The molecule has 0 aliphatic heterocycles. The Morgan fingerprint density at radius 1 is 1.29 bits per heavy atom. The first-order valence-electron chi connectivity index (χ1n) is 7.53. The summed E-state index contributed by atoms with van der Waals surface area (Å²) in [5.74, 6) is -0.862. The van der Waals surface area contributed by atoms with Crippen LogP contribution >= 0.6 is 0 Å². The number of aromatic carboxylic acids is 1. The van der Waals surface area contributed by atoms with Gasteiger partial charge in [-0.25, -0.2) is 4.79 Å². The molecule has 0 aromatic heterocycles. The Hall–Kier alpha value is -1.39. The average molecular weight is 290 g/mol. The summed E-state index contributed by atoms with van der Waals surface area (Å²) in [6.07, 6.45) is 3.85. The van der Waals surface area contributed by atoms with Crippen LogP contribution in [-0.4, -0.2) is 54.1 Å². The Morgan fingerprint density at radius 2 is 1.95 bits per heavy atom. The number of rotatable bonds is 6. The maximum atomic E-state index is 11.0. The molecule has 4 heteroatoms. The number of carboxylic acid groups (broad SMARTS) is 1. The highest BCUT2D eigenvalue weighted by atomic mass is 16.4. The first-order chi connectivity index (χ1) is 9.84. The molecule has 0 bridgehead atoms. The number of carbonyl (C=O) groups is 1. The molecule has 0 unspecified atom stereocenters. The zero-order valence-electron chi connectivity index (χ0n) is 13.5. The predicted octanol–water partition coefficient (Wildman–Crippen LogP) is 2.61. The fourth-order valence-corrected chi connectivity index (χ4v) is 3.19. The van der Waals surface area contributed by atoms with E-state index in [2.05, 4.69) is 30.9 Å². The maximum absolute atomic E-state index is 11.0. The summed E-state index contributed by atoms with van der Waals surface area (Å²) < 4.78 is 0. The maximum Gasteiger partial charge on any atom is 0.335 e. The lowest BCUT2D eigenvalue weighted by atomic mass is 9.75. The molecule has 116 valence electrons. The third-order valence-electron chi connectivity index (χ3n) is 4.83. The molecule has 0 heterocycles. The van der Waals surface area contributed by atoms with Crippen molar-refractivity contribution < 1.29 is 9.90 Å². The second-order valence-corrected chi connectivity index (χ2v) is 6.59. The van der Waals surface area contributed by atoms with Gasteiger partial charge in [-0.1, -0.05) is 6.07 Å². The van der Waals surface area contributed by atoms with Crippen molar-refractivity contribution in [3.8, 4) is 0 Å². The molecule has 1 aromatic carbocycles. The standard InChI is InChI=1S/C17H26N2O2/c1-13-10-14(16(20)21)6-7-15(13)11-19(4)12-17(18(2)3)8-5-9-17/h6-7,10H,5,8-9,11-12H2,1-4H3,(H,20,21). The van der Waals surface area contributed by atoms with E-state index >= 15 is 0 Å². The number of hydrogen-bond acceptors (Lipinski definition) is 3. The normalized spacial score (nSPS) is 17.0. The van der Waals surface area contributed by atoms with E-state index < -0.39 is 5.97 Å². The van der Waals surface area contributed by atoms with E-state index in [9.17, 15) is 4.79 Å². The highest BCUT2D eigenvalue weighted by molar-refractivity contribution is 5.87. The van der Waals surface area contributed by atoms with Crippen LogP contribution in [0.5, 0.6) is 0 Å². The molecule has 2 rings (SSSR count). The zero-order chi connectivity index (χ0) is 15.6. The summed E-state index contributed by atoms with van der Waals surface area (Å²) in [5.41, 5.74) is 2.94. The lowest BCUT2D eigenvalue weighted by Gasteiger charge is -2.49. The molecule has 0 spiro atoms. The molecule has 0 saturated heterocycles. The van der Waals surface area contributed by atoms with Crippen LogP contribution in [0.1, 0.15) is 40.7 Å². The van der Waals surface area contributed by atoms with E-state index in [4.69, 9.17) is 5.11 Å². The van der Waals surface area contributed by atoms with E-state index in [-0.39, 0.29) is 0 Å². The van der Waals surface area contributed by atoms with Crippen LogP contribution in [0.4, 0.5) is 0 Å². The highest BCUT2D eigenvalue weighted by Crippen LogP contribution is 2.36. The van der Waals surface area contributed by atoms with Crippen LogP contribution in [0, 0.1) is 6.92 Å².